The van der Waals surface area contributed by atoms with Gasteiger partial charge in [-0.1, -0.05) is 0 Å². The number of carbonyl (C=O) groups excluding carboxylic acids is 1. The number of hydrogen-bond donors (Lipinski definition) is 0. The molecule has 0 aromatic carbocycles. The van der Waals surface area contributed by atoms with Crippen molar-refractivity contribution in [3.05, 3.63) is 29.7 Å². The van der Waals surface area contributed by atoms with E-state index in [0.717, 1.165) is 38.0 Å². The Kier molecular flexibility index (Phi) is 3.53. The van der Waals surface area contributed by atoms with E-state index in [-0.39, 0.29) is 0 Å². The van der Waals surface area contributed by atoms with Crippen LogP contribution in [0.4, 0.5) is 0 Å². The Morgan fingerprint density at radius 3 is 2.70 bits per heavy atom. The van der Waals surface area contributed by atoms with E-state index in [1.165, 1.54) is 0 Å². The number of aromatic nitrogens is 3. The van der Waals surface area contributed by atoms with Crippen molar-refractivity contribution in [3.63, 3.8) is 0 Å². The lowest BCUT2D eigenvalue weighted by atomic mass is 9.95. The quantitative estimate of drug-likeness (QED) is 0.803. The molecule has 0 spiro atoms. The number of nitrogens with zero attached hydrogens (tertiary/aromatic N) is 4. The smallest absolute Gasteiger partial charge is 0.171 e. The van der Waals surface area contributed by atoms with E-state index < -0.39 is 0 Å². The summed E-state index contributed by atoms with van der Waals surface area (Å²) in [7, 11) is 0. The van der Waals surface area contributed by atoms with E-state index in [9.17, 15) is 4.79 Å². The molecule has 0 N–H and O–H groups in total. The van der Waals surface area contributed by atoms with Gasteiger partial charge in [-0.25, -0.2) is 0 Å². The molecule has 0 unspecified atom stereocenters. The minimum atomic E-state index is 0.432. The molecule has 1 fully saturated rings. The first kappa shape index (κ1) is 13.2. The third-order valence-corrected chi connectivity index (χ3v) is 4.24. The highest BCUT2D eigenvalue weighted by atomic mass is 16.1. The van der Waals surface area contributed by atoms with Gasteiger partial charge < -0.3 is 4.90 Å². The molecule has 1 saturated heterocycles. The van der Waals surface area contributed by atoms with Crippen LogP contribution in [0.15, 0.2) is 18.3 Å². The van der Waals surface area contributed by atoms with Crippen LogP contribution in [-0.4, -0.2) is 44.9 Å². The summed E-state index contributed by atoms with van der Waals surface area (Å²) in [5.41, 5.74) is 1.27. The second-order valence-electron chi connectivity index (χ2n) is 5.74. The van der Waals surface area contributed by atoms with Crippen molar-refractivity contribution < 1.29 is 4.79 Å². The third-order valence-electron chi connectivity index (χ3n) is 4.24. The van der Waals surface area contributed by atoms with Gasteiger partial charge in [-0.3, -0.25) is 9.20 Å². The topological polar surface area (TPSA) is 50.5 Å². The van der Waals surface area contributed by atoms with E-state index in [2.05, 4.69) is 28.9 Å². The van der Waals surface area contributed by atoms with Gasteiger partial charge in [0, 0.05) is 18.2 Å². The maximum absolute atomic E-state index is 11.0. The Bertz CT molecular complexity index is 611. The lowest BCUT2D eigenvalue weighted by Gasteiger charge is -2.33. The molecule has 1 aliphatic heterocycles. The molecule has 5 nitrogen and oxygen atoms in total. The van der Waals surface area contributed by atoms with E-state index >= 15 is 0 Å². The van der Waals surface area contributed by atoms with Crippen molar-refractivity contribution in [1.29, 1.82) is 0 Å². The van der Waals surface area contributed by atoms with Crippen LogP contribution in [0.1, 0.15) is 48.8 Å². The zero-order valence-electron chi connectivity index (χ0n) is 12.0. The molecule has 106 valence electrons. The van der Waals surface area contributed by atoms with Gasteiger partial charge in [-0.05, 0) is 51.9 Å². The molecule has 2 aromatic heterocycles. The lowest BCUT2D eigenvalue weighted by Crippen LogP contribution is -2.38. The van der Waals surface area contributed by atoms with Crippen LogP contribution in [0.3, 0.4) is 0 Å². The Morgan fingerprint density at radius 2 is 2.05 bits per heavy atom. The molecule has 0 aliphatic carbocycles. The van der Waals surface area contributed by atoms with Crippen molar-refractivity contribution in [3.8, 4) is 0 Å². The number of likely N-dealkylation sites (tertiary alicyclic amines) is 1. The molecule has 20 heavy (non-hydrogen) atoms. The van der Waals surface area contributed by atoms with Crippen molar-refractivity contribution in [2.75, 3.05) is 13.1 Å². The van der Waals surface area contributed by atoms with E-state index in [1.807, 2.05) is 16.7 Å². The van der Waals surface area contributed by atoms with Gasteiger partial charge in [0.25, 0.3) is 0 Å². The molecule has 2 aromatic rings. The average Bonchev–Trinajstić information content (AvgIpc) is 2.91. The molecular formula is C15H20N4O. The van der Waals surface area contributed by atoms with Gasteiger partial charge in [0.2, 0.25) is 0 Å². The van der Waals surface area contributed by atoms with Crippen LogP contribution >= 0.6 is 0 Å². The molecule has 0 amide bonds. The third kappa shape index (κ3) is 2.22. The number of pyridine rings is 1. The number of hydrogen-bond acceptors (Lipinski definition) is 4. The van der Waals surface area contributed by atoms with Crippen LogP contribution in [0.2, 0.25) is 0 Å². The van der Waals surface area contributed by atoms with Gasteiger partial charge in [0.05, 0.1) is 5.56 Å². The first-order chi connectivity index (χ1) is 9.70. The van der Waals surface area contributed by atoms with Crippen LogP contribution in [-0.2, 0) is 0 Å². The molecule has 0 bridgehead atoms. The van der Waals surface area contributed by atoms with Gasteiger partial charge >= 0.3 is 0 Å². The van der Waals surface area contributed by atoms with Crippen molar-refractivity contribution in [2.45, 2.75) is 38.6 Å². The highest BCUT2D eigenvalue weighted by Gasteiger charge is 2.25. The van der Waals surface area contributed by atoms with Gasteiger partial charge in [0.15, 0.2) is 11.9 Å². The standard InChI is InChI=1S/C15H20N4O/c1-11(2)18-8-5-12(6-9-18)14-16-17-15-13(10-20)4-3-7-19(14)15/h3-4,7,10-12H,5-6,8-9H2,1-2H3. The fourth-order valence-electron chi connectivity index (χ4n) is 3.00. The van der Waals surface area contributed by atoms with Gasteiger partial charge in [-0.2, -0.15) is 0 Å². The zero-order chi connectivity index (χ0) is 14.1. The summed E-state index contributed by atoms with van der Waals surface area (Å²) < 4.78 is 1.97. The molecule has 0 radical (unpaired) electrons. The maximum atomic E-state index is 11.0. The van der Waals surface area contributed by atoms with E-state index in [1.54, 1.807) is 6.07 Å². The highest BCUT2D eigenvalue weighted by molar-refractivity contribution is 5.83. The summed E-state index contributed by atoms with van der Waals surface area (Å²) in [5, 5.41) is 8.52. The number of carbonyl (C=O) groups is 1. The van der Waals surface area contributed by atoms with E-state index in [0.29, 0.717) is 23.2 Å². The summed E-state index contributed by atoms with van der Waals surface area (Å²) in [6, 6.07) is 4.27. The fourth-order valence-corrected chi connectivity index (χ4v) is 3.00. The summed E-state index contributed by atoms with van der Waals surface area (Å²) in [4.78, 5) is 13.5. The predicted molar refractivity (Wildman–Crippen MR) is 77.1 cm³/mol. The highest BCUT2D eigenvalue weighted by Crippen LogP contribution is 2.28. The van der Waals surface area contributed by atoms with Crippen LogP contribution in [0.25, 0.3) is 5.65 Å². The Hall–Kier alpha value is -1.75. The van der Waals surface area contributed by atoms with Crippen LogP contribution in [0, 0.1) is 0 Å². The Morgan fingerprint density at radius 1 is 1.30 bits per heavy atom. The first-order valence-corrected chi connectivity index (χ1v) is 7.23. The lowest BCUT2D eigenvalue weighted by molar-refractivity contribution is 0.112. The zero-order valence-corrected chi connectivity index (χ0v) is 12.0. The molecular weight excluding hydrogens is 252 g/mol. The first-order valence-electron chi connectivity index (χ1n) is 7.23. The number of aldehydes is 1. The molecule has 3 heterocycles. The average molecular weight is 272 g/mol. The van der Waals surface area contributed by atoms with Gasteiger partial charge in [-0.15, -0.1) is 10.2 Å². The predicted octanol–water partition coefficient (Wildman–Crippen LogP) is 2.13. The minimum absolute atomic E-state index is 0.432. The summed E-state index contributed by atoms with van der Waals surface area (Å²) in [6.45, 7) is 6.68. The normalized spacial score (nSPS) is 17.9. The molecule has 0 saturated carbocycles. The van der Waals surface area contributed by atoms with Crippen LogP contribution in [0.5, 0.6) is 0 Å². The van der Waals surface area contributed by atoms with Crippen LogP contribution < -0.4 is 0 Å². The second-order valence-corrected chi connectivity index (χ2v) is 5.74. The summed E-state index contributed by atoms with van der Waals surface area (Å²) in [5.74, 6) is 1.43. The second kappa shape index (κ2) is 5.32. The van der Waals surface area contributed by atoms with Crippen molar-refractivity contribution in [1.82, 2.24) is 19.5 Å². The number of piperidine rings is 1. The molecule has 0 atom stereocenters. The SMILES string of the molecule is CC(C)N1CCC(c2nnc3c(C=O)cccn23)CC1. The Labute approximate surface area is 118 Å². The van der Waals surface area contributed by atoms with Gasteiger partial charge in [0.1, 0.15) is 5.82 Å². The van der Waals surface area contributed by atoms with Crippen molar-refractivity contribution >= 4 is 11.9 Å². The van der Waals surface area contributed by atoms with Crippen molar-refractivity contribution in [2.24, 2.45) is 0 Å². The molecule has 1 aliphatic rings. The molecule has 3 rings (SSSR count). The minimum Gasteiger partial charge on any atom is -0.301 e. The number of rotatable bonds is 3. The monoisotopic (exact) mass is 272 g/mol. The van der Waals surface area contributed by atoms with E-state index in [4.69, 9.17) is 0 Å². The summed E-state index contributed by atoms with van der Waals surface area (Å²) in [6.07, 6.45) is 5.00. The number of fused-ring (bicyclic) bond motifs is 1. The summed E-state index contributed by atoms with van der Waals surface area (Å²) >= 11 is 0. The maximum Gasteiger partial charge on any atom is 0.171 e. The fraction of sp³-hybridized carbons (Fsp3) is 0.533. The molecule has 5 heteroatoms. The Balaban J connectivity index is 1.87. The largest absolute Gasteiger partial charge is 0.301 e.